The van der Waals surface area contributed by atoms with Crippen molar-refractivity contribution in [3.63, 3.8) is 0 Å². The standard InChI is InChI=1S/C27H34N2O2/c30-25(24-11-5-2-6-12-24)27(15-20-31-26(22-27)13-7-8-14-26)29-18-16-28(17-19-29)21-23-9-3-1-4-10-23/h1-6,9-12H,7-8,13-22H2. The van der Waals surface area contributed by atoms with Crippen LogP contribution in [0.2, 0.25) is 0 Å². The van der Waals surface area contributed by atoms with E-state index < -0.39 is 5.54 Å². The van der Waals surface area contributed by atoms with E-state index in [1.54, 1.807) is 0 Å². The largest absolute Gasteiger partial charge is 0.375 e. The van der Waals surface area contributed by atoms with Crippen molar-refractivity contribution in [1.29, 1.82) is 0 Å². The van der Waals surface area contributed by atoms with Gasteiger partial charge >= 0.3 is 0 Å². The number of rotatable bonds is 5. The molecule has 1 atom stereocenters. The Morgan fingerprint density at radius 1 is 0.839 bits per heavy atom. The van der Waals surface area contributed by atoms with Gasteiger partial charge in [0.05, 0.1) is 11.1 Å². The minimum absolute atomic E-state index is 0.0934. The lowest BCUT2D eigenvalue weighted by molar-refractivity contribution is -0.128. The van der Waals surface area contributed by atoms with E-state index in [2.05, 4.69) is 40.1 Å². The topological polar surface area (TPSA) is 32.8 Å². The summed E-state index contributed by atoms with van der Waals surface area (Å²) in [7, 11) is 0. The van der Waals surface area contributed by atoms with Crippen LogP contribution in [0.1, 0.15) is 54.4 Å². The number of hydrogen-bond acceptors (Lipinski definition) is 4. The van der Waals surface area contributed by atoms with E-state index in [0.29, 0.717) is 12.4 Å². The van der Waals surface area contributed by atoms with Crippen LogP contribution in [0, 0.1) is 0 Å². The molecule has 31 heavy (non-hydrogen) atoms. The highest BCUT2D eigenvalue weighted by Gasteiger charge is 2.54. The molecule has 2 aromatic carbocycles. The second kappa shape index (κ2) is 8.85. The number of Topliss-reactive ketones (excluding diaryl/α,β-unsaturated/α-hetero) is 1. The van der Waals surface area contributed by atoms with Gasteiger partial charge in [0, 0.05) is 51.3 Å². The monoisotopic (exact) mass is 418 g/mol. The van der Waals surface area contributed by atoms with Crippen molar-refractivity contribution < 1.29 is 9.53 Å². The van der Waals surface area contributed by atoms with Crippen molar-refractivity contribution in [2.75, 3.05) is 32.8 Å². The van der Waals surface area contributed by atoms with E-state index in [1.165, 1.54) is 18.4 Å². The number of benzene rings is 2. The molecule has 164 valence electrons. The van der Waals surface area contributed by atoms with Gasteiger partial charge in [0.15, 0.2) is 5.78 Å². The minimum atomic E-state index is -0.428. The number of nitrogens with zero attached hydrogens (tertiary/aromatic N) is 2. The SMILES string of the molecule is O=C(c1ccccc1)C1(N2CCN(Cc3ccccc3)CC2)CCOC2(CCCC2)C1. The van der Waals surface area contributed by atoms with Crippen molar-refractivity contribution in [2.24, 2.45) is 0 Å². The molecule has 4 heteroatoms. The molecule has 5 rings (SSSR count). The van der Waals surface area contributed by atoms with Crippen LogP contribution in [0.15, 0.2) is 60.7 Å². The first-order valence-corrected chi connectivity index (χ1v) is 11.9. The van der Waals surface area contributed by atoms with Crippen LogP contribution in [0.3, 0.4) is 0 Å². The fourth-order valence-electron chi connectivity index (χ4n) is 6.09. The Morgan fingerprint density at radius 3 is 2.16 bits per heavy atom. The molecule has 3 aliphatic rings. The lowest BCUT2D eigenvalue weighted by atomic mass is 9.73. The van der Waals surface area contributed by atoms with Crippen LogP contribution in [0.4, 0.5) is 0 Å². The Balaban J connectivity index is 1.37. The summed E-state index contributed by atoms with van der Waals surface area (Å²) in [6.45, 7) is 5.59. The molecule has 2 aromatic rings. The average Bonchev–Trinajstić information content (AvgIpc) is 3.27. The molecule has 4 nitrogen and oxygen atoms in total. The number of ketones is 1. The Hall–Kier alpha value is -2.01. The normalized spacial score (nSPS) is 26.8. The summed E-state index contributed by atoms with van der Waals surface area (Å²) in [5, 5.41) is 0. The molecule has 1 aliphatic carbocycles. The fourth-order valence-corrected chi connectivity index (χ4v) is 6.09. The Kier molecular flexibility index (Phi) is 5.96. The van der Waals surface area contributed by atoms with E-state index in [4.69, 9.17) is 4.74 Å². The van der Waals surface area contributed by atoms with E-state index in [1.807, 2.05) is 30.3 Å². The summed E-state index contributed by atoms with van der Waals surface area (Å²) in [5.41, 5.74) is 1.69. The predicted octanol–water partition coefficient (Wildman–Crippen LogP) is 4.55. The number of carbonyl (C=O) groups excluding carboxylic acids is 1. The summed E-state index contributed by atoms with van der Waals surface area (Å²) in [4.78, 5) is 19.1. The summed E-state index contributed by atoms with van der Waals surface area (Å²) < 4.78 is 6.37. The molecular weight excluding hydrogens is 384 g/mol. The molecule has 0 amide bonds. The number of carbonyl (C=O) groups is 1. The smallest absolute Gasteiger partial charge is 0.183 e. The fraction of sp³-hybridized carbons (Fsp3) is 0.519. The maximum absolute atomic E-state index is 14.0. The Bertz CT molecular complexity index is 871. The highest BCUT2D eigenvalue weighted by Crippen LogP contribution is 2.47. The van der Waals surface area contributed by atoms with Crippen molar-refractivity contribution in [3.8, 4) is 0 Å². The zero-order chi connectivity index (χ0) is 21.2. The third-order valence-electron chi connectivity index (χ3n) is 7.74. The van der Waals surface area contributed by atoms with E-state index in [0.717, 1.165) is 64.0 Å². The molecule has 3 fully saturated rings. The van der Waals surface area contributed by atoms with Gasteiger partial charge in [-0.2, -0.15) is 0 Å². The molecule has 1 unspecified atom stereocenters. The van der Waals surface area contributed by atoms with Crippen LogP contribution in [-0.4, -0.2) is 59.5 Å². The lowest BCUT2D eigenvalue weighted by Crippen LogP contribution is -2.65. The van der Waals surface area contributed by atoms with Crippen molar-refractivity contribution >= 4 is 5.78 Å². The molecule has 1 spiro atoms. The average molecular weight is 419 g/mol. The second-order valence-corrected chi connectivity index (χ2v) is 9.64. The molecule has 0 bridgehead atoms. The summed E-state index contributed by atoms with van der Waals surface area (Å²) in [6, 6.07) is 20.7. The maximum atomic E-state index is 14.0. The predicted molar refractivity (Wildman–Crippen MR) is 123 cm³/mol. The first-order chi connectivity index (χ1) is 15.2. The summed E-state index contributed by atoms with van der Waals surface area (Å²) in [6.07, 6.45) is 6.31. The van der Waals surface area contributed by atoms with Crippen molar-refractivity contribution in [3.05, 3.63) is 71.8 Å². The van der Waals surface area contributed by atoms with Crippen LogP contribution >= 0.6 is 0 Å². The molecule has 0 radical (unpaired) electrons. The zero-order valence-electron chi connectivity index (χ0n) is 18.5. The van der Waals surface area contributed by atoms with Crippen LogP contribution < -0.4 is 0 Å². The lowest BCUT2D eigenvalue weighted by Gasteiger charge is -2.53. The third-order valence-corrected chi connectivity index (χ3v) is 7.74. The Labute approximate surface area is 186 Å². The van der Waals surface area contributed by atoms with Gasteiger partial charge in [-0.1, -0.05) is 73.5 Å². The summed E-state index contributed by atoms with van der Waals surface area (Å²) in [5.74, 6) is 0.305. The van der Waals surface area contributed by atoms with Crippen LogP contribution in [0.25, 0.3) is 0 Å². The second-order valence-electron chi connectivity index (χ2n) is 9.64. The first kappa shape index (κ1) is 20.9. The summed E-state index contributed by atoms with van der Waals surface area (Å²) >= 11 is 0. The quantitative estimate of drug-likeness (QED) is 0.667. The van der Waals surface area contributed by atoms with E-state index in [-0.39, 0.29) is 5.60 Å². The number of piperazine rings is 1. The Morgan fingerprint density at radius 2 is 1.48 bits per heavy atom. The van der Waals surface area contributed by atoms with Gasteiger partial charge in [-0.15, -0.1) is 0 Å². The molecule has 2 heterocycles. The van der Waals surface area contributed by atoms with Gasteiger partial charge in [0.25, 0.3) is 0 Å². The molecular formula is C27H34N2O2. The van der Waals surface area contributed by atoms with Gasteiger partial charge in [-0.25, -0.2) is 0 Å². The van der Waals surface area contributed by atoms with Gasteiger partial charge in [0.2, 0.25) is 0 Å². The van der Waals surface area contributed by atoms with Crippen LogP contribution in [0.5, 0.6) is 0 Å². The van der Waals surface area contributed by atoms with Gasteiger partial charge in [-0.05, 0) is 24.8 Å². The number of hydrogen-bond donors (Lipinski definition) is 0. The highest BCUT2D eigenvalue weighted by molar-refractivity contribution is 6.03. The number of ether oxygens (including phenoxy) is 1. The molecule has 0 aromatic heterocycles. The zero-order valence-corrected chi connectivity index (χ0v) is 18.5. The van der Waals surface area contributed by atoms with Crippen molar-refractivity contribution in [1.82, 2.24) is 9.80 Å². The van der Waals surface area contributed by atoms with Crippen molar-refractivity contribution in [2.45, 2.75) is 56.2 Å². The first-order valence-electron chi connectivity index (χ1n) is 11.9. The van der Waals surface area contributed by atoms with E-state index in [9.17, 15) is 4.79 Å². The third kappa shape index (κ3) is 4.21. The molecule has 1 saturated carbocycles. The van der Waals surface area contributed by atoms with Gasteiger partial charge in [-0.3, -0.25) is 14.6 Å². The molecule has 0 N–H and O–H groups in total. The van der Waals surface area contributed by atoms with Gasteiger partial charge in [0.1, 0.15) is 0 Å². The van der Waals surface area contributed by atoms with Crippen LogP contribution in [-0.2, 0) is 11.3 Å². The van der Waals surface area contributed by atoms with Gasteiger partial charge < -0.3 is 4.74 Å². The van der Waals surface area contributed by atoms with E-state index >= 15 is 0 Å². The maximum Gasteiger partial charge on any atom is 0.183 e. The minimum Gasteiger partial charge on any atom is -0.375 e. The molecule has 2 aliphatic heterocycles. The highest BCUT2D eigenvalue weighted by atomic mass is 16.5. The molecule has 2 saturated heterocycles.